The first-order valence-electron chi connectivity index (χ1n) is 9.76. The van der Waals surface area contributed by atoms with Crippen LogP contribution in [0.15, 0.2) is 60.9 Å². The van der Waals surface area contributed by atoms with Crippen LogP contribution in [-0.2, 0) is 13.0 Å². The van der Waals surface area contributed by atoms with Crippen LogP contribution < -0.4 is 0 Å². The highest BCUT2D eigenvalue weighted by molar-refractivity contribution is 5.94. The molecule has 1 unspecified atom stereocenters. The molecule has 1 amide bonds. The fourth-order valence-electron chi connectivity index (χ4n) is 4.02. The summed E-state index contributed by atoms with van der Waals surface area (Å²) in [5.41, 5.74) is 5.30. The molecular weight excluding hydrogens is 350 g/mol. The highest BCUT2D eigenvalue weighted by Gasteiger charge is 2.27. The Labute approximate surface area is 165 Å². The largest absolute Gasteiger partial charge is 0.394 e. The molecule has 28 heavy (non-hydrogen) atoms. The molecule has 2 aromatic carbocycles. The molecular formula is C23H25N3O2. The molecule has 1 aromatic heterocycles. The summed E-state index contributed by atoms with van der Waals surface area (Å²) in [5.74, 6) is 0.0456. The van der Waals surface area contributed by atoms with Crippen molar-refractivity contribution in [2.45, 2.75) is 31.8 Å². The van der Waals surface area contributed by atoms with Crippen molar-refractivity contribution < 1.29 is 9.90 Å². The topological polar surface area (TPSA) is 58.4 Å². The number of rotatable bonds is 5. The molecule has 5 heteroatoms. The minimum atomic E-state index is 0.0456. The molecule has 0 bridgehead atoms. The molecule has 0 saturated heterocycles. The molecule has 1 heterocycles. The van der Waals surface area contributed by atoms with E-state index in [-0.39, 0.29) is 18.6 Å². The van der Waals surface area contributed by atoms with Gasteiger partial charge in [-0.2, -0.15) is 5.10 Å². The number of fused-ring (bicyclic) bond motifs is 1. The third-order valence-electron chi connectivity index (χ3n) is 5.55. The molecule has 1 aliphatic carbocycles. The molecule has 0 aliphatic heterocycles. The summed E-state index contributed by atoms with van der Waals surface area (Å²) < 4.78 is 1.71. The molecule has 0 fully saturated rings. The standard InChI is InChI=1S/C23H25N3O2/c1-25(22-8-4-6-18-5-2-3-7-21(18)22)23(28)19-11-9-17(10-12-19)20-15-24-26(16-20)13-14-27/h2-3,5,7,9-12,15-16,22,27H,4,6,8,13-14H2,1H3. The van der Waals surface area contributed by atoms with Crippen LogP contribution >= 0.6 is 0 Å². The summed E-state index contributed by atoms with van der Waals surface area (Å²) in [7, 11) is 1.90. The van der Waals surface area contributed by atoms with Crippen LogP contribution in [0.5, 0.6) is 0 Å². The minimum Gasteiger partial charge on any atom is -0.394 e. The maximum absolute atomic E-state index is 13.1. The van der Waals surface area contributed by atoms with Crippen molar-refractivity contribution in [1.29, 1.82) is 0 Å². The summed E-state index contributed by atoms with van der Waals surface area (Å²) in [6.07, 6.45) is 6.88. The Balaban J connectivity index is 1.52. The van der Waals surface area contributed by atoms with E-state index in [1.54, 1.807) is 10.9 Å². The Kier molecular flexibility index (Phi) is 5.26. The molecule has 1 aliphatic rings. The predicted molar refractivity (Wildman–Crippen MR) is 109 cm³/mol. The van der Waals surface area contributed by atoms with Crippen molar-refractivity contribution in [2.75, 3.05) is 13.7 Å². The number of aliphatic hydroxyl groups is 1. The Morgan fingerprint density at radius 2 is 1.96 bits per heavy atom. The number of benzene rings is 2. The Morgan fingerprint density at radius 1 is 1.18 bits per heavy atom. The minimum absolute atomic E-state index is 0.0456. The lowest BCUT2D eigenvalue weighted by Crippen LogP contribution is -2.33. The van der Waals surface area contributed by atoms with Gasteiger partial charge in [0.15, 0.2) is 0 Å². The second kappa shape index (κ2) is 7.98. The number of aliphatic hydroxyl groups excluding tert-OH is 1. The molecule has 3 aromatic rings. The fourth-order valence-corrected chi connectivity index (χ4v) is 4.02. The van der Waals surface area contributed by atoms with Crippen molar-refractivity contribution in [1.82, 2.24) is 14.7 Å². The van der Waals surface area contributed by atoms with Gasteiger partial charge in [0.05, 0.1) is 25.4 Å². The van der Waals surface area contributed by atoms with E-state index in [1.807, 2.05) is 42.4 Å². The Hall–Kier alpha value is -2.92. The zero-order valence-electron chi connectivity index (χ0n) is 16.1. The van der Waals surface area contributed by atoms with E-state index in [1.165, 1.54) is 11.1 Å². The molecule has 0 saturated carbocycles. The van der Waals surface area contributed by atoms with E-state index in [4.69, 9.17) is 5.11 Å². The summed E-state index contributed by atoms with van der Waals surface area (Å²) in [6, 6.07) is 16.3. The number of carbonyl (C=O) groups excluding carboxylic acids is 1. The van der Waals surface area contributed by atoms with Crippen molar-refractivity contribution in [2.24, 2.45) is 0 Å². The smallest absolute Gasteiger partial charge is 0.254 e. The normalized spacial score (nSPS) is 15.9. The monoisotopic (exact) mass is 375 g/mol. The number of hydrogen-bond acceptors (Lipinski definition) is 3. The first-order chi connectivity index (χ1) is 13.7. The van der Waals surface area contributed by atoms with Gasteiger partial charge in [0.25, 0.3) is 5.91 Å². The van der Waals surface area contributed by atoms with Crippen molar-refractivity contribution in [3.63, 3.8) is 0 Å². The van der Waals surface area contributed by atoms with Gasteiger partial charge in [0.1, 0.15) is 0 Å². The second-order valence-corrected chi connectivity index (χ2v) is 7.32. The highest BCUT2D eigenvalue weighted by atomic mass is 16.3. The maximum Gasteiger partial charge on any atom is 0.254 e. The zero-order valence-corrected chi connectivity index (χ0v) is 16.1. The van der Waals surface area contributed by atoms with Crippen molar-refractivity contribution in [3.8, 4) is 11.1 Å². The average molecular weight is 375 g/mol. The van der Waals surface area contributed by atoms with Crippen LogP contribution in [0.4, 0.5) is 0 Å². The summed E-state index contributed by atoms with van der Waals surface area (Å²) in [6.45, 7) is 0.537. The van der Waals surface area contributed by atoms with E-state index in [2.05, 4.69) is 29.4 Å². The fraction of sp³-hybridized carbons (Fsp3) is 0.304. The van der Waals surface area contributed by atoms with Crippen LogP contribution in [0.3, 0.4) is 0 Å². The van der Waals surface area contributed by atoms with Crippen LogP contribution in [-0.4, -0.2) is 39.3 Å². The van der Waals surface area contributed by atoms with Gasteiger partial charge in [-0.3, -0.25) is 9.48 Å². The van der Waals surface area contributed by atoms with Gasteiger partial charge in [-0.25, -0.2) is 0 Å². The van der Waals surface area contributed by atoms with E-state index < -0.39 is 0 Å². The molecule has 144 valence electrons. The number of nitrogens with zero attached hydrogens (tertiary/aromatic N) is 3. The molecule has 4 rings (SSSR count). The summed E-state index contributed by atoms with van der Waals surface area (Å²) in [4.78, 5) is 15.0. The number of amides is 1. The van der Waals surface area contributed by atoms with Crippen molar-refractivity contribution >= 4 is 5.91 Å². The average Bonchev–Trinajstić information content (AvgIpc) is 3.21. The number of carbonyl (C=O) groups is 1. The zero-order chi connectivity index (χ0) is 19.5. The summed E-state index contributed by atoms with van der Waals surface area (Å²) >= 11 is 0. The van der Waals surface area contributed by atoms with Crippen LogP contribution in [0.25, 0.3) is 11.1 Å². The third kappa shape index (κ3) is 3.58. The van der Waals surface area contributed by atoms with Crippen LogP contribution in [0.2, 0.25) is 0 Å². The van der Waals surface area contributed by atoms with Crippen LogP contribution in [0.1, 0.15) is 40.4 Å². The first kappa shape index (κ1) is 18.4. The van der Waals surface area contributed by atoms with Crippen LogP contribution in [0, 0.1) is 0 Å². The van der Waals surface area contributed by atoms with Gasteiger partial charge in [-0.15, -0.1) is 0 Å². The molecule has 1 N–H and O–H groups in total. The Morgan fingerprint density at radius 3 is 2.75 bits per heavy atom. The quantitative estimate of drug-likeness (QED) is 0.740. The molecule has 0 radical (unpaired) electrons. The Bertz CT molecular complexity index is 962. The number of aromatic nitrogens is 2. The highest BCUT2D eigenvalue weighted by Crippen LogP contribution is 2.34. The van der Waals surface area contributed by atoms with E-state index >= 15 is 0 Å². The van der Waals surface area contributed by atoms with Gasteiger partial charge in [0.2, 0.25) is 0 Å². The molecule has 5 nitrogen and oxygen atoms in total. The lowest BCUT2D eigenvalue weighted by Gasteiger charge is -2.33. The SMILES string of the molecule is CN(C(=O)c1ccc(-c2cnn(CCO)c2)cc1)C1CCCc2ccccc21. The van der Waals surface area contributed by atoms with Crippen molar-refractivity contribution in [3.05, 3.63) is 77.6 Å². The predicted octanol–water partition coefficient (Wildman–Crippen LogP) is 3.69. The van der Waals surface area contributed by atoms with E-state index in [0.717, 1.165) is 30.4 Å². The number of aryl methyl sites for hydroxylation is 1. The third-order valence-corrected chi connectivity index (χ3v) is 5.55. The maximum atomic E-state index is 13.1. The lowest BCUT2D eigenvalue weighted by atomic mass is 9.87. The molecule has 1 atom stereocenters. The van der Waals surface area contributed by atoms with Gasteiger partial charge in [-0.1, -0.05) is 36.4 Å². The van der Waals surface area contributed by atoms with E-state index in [9.17, 15) is 4.79 Å². The molecule has 0 spiro atoms. The van der Waals surface area contributed by atoms with E-state index in [0.29, 0.717) is 12.1 Å². The second-order valence-electron chi connectivity index (χ2n) is 7.32. The first-order valence-corrected chi connectivity index (χ1v) is 9.76. The summed E-state index contributed by atoms with van der Waals surface area (Å²) in [5, 5.41) is 13.2. The number of hydrogen-bond donors (Lipinski definition) is 1. The lowest BCUT2D eigenvalue weighted by molar-refractivity contribution is 0.0715. The van der Waals surface area contributed by atoms with Gasteiger partial charge < -0.3 is 10.0 Å². The van der Waals surface area contributed by atoms with Gasteiger partial charge in [0, 0.05) is 24.4 Å². The van der Waals surface area contributed by atoms with Gasteiger partial charge >= 0.3 is 0 Å². The van der Waals surface area contributed by atoms with Gasteiger partial charge in [-0.05, 0) is 48.1 Å².